The summed E-state index contributed by atoms with van der Waals surface area (Å²) in [7, 11) is 0. The van der Waals surface area contributed by atoms with E-state index in [9.17, 15) is 9.59 Å². The van der Waals surface area contributed by atoms with E-state index in [-0.39, 0.29) is 17.9 Å². The maximum absolute atomic E-state index is 13.5. The zero-order chi connectivity index (χ0) is 19.3. The van der Waals surface area contributed by atoms with Crippen LogP contribution in [0.25, 0.3) is 0 Å². The van der Waals surface area contributed by atoms with E-state index in [0.717, 1.165) is 36.4 Å². The third-order valence-corrected chi connectivity index (χ3v) is 6.41. The molecule has 2 aliphatic rings. The van der Waals surface area contributed by atoms with Crippen molar-refractivity contribution in [3.05, 3.63) is 52.5 Å². The number of piperidine rings is 1. The van der Waals surface area contributed by atoms with Crippen molar-refractivity contribution in [3.8, 4) is 0 Å². The molecular formula is C21H25N3O3S. The molecule has 0 bridgehead atoms. The van der Waals surface area contributed by atoms with Gasteiger partial charge in [0, 0.05) is 43.5 Å². The van der Waals surface area contributed by atoms with Gasteiger partial charge in [-0.3, -0.25) is 9.69 Å². The highest BCUT2D eigenvalue weighted by atomic mass is 32.1. The molecule has 148 valence electrons. The smallest absolute Gasteiger partial charge is 0.410 e. The number of likely N-dealkylation sites (tertiary alicyclic amines) is 1. The molecule has 2 amide bonds. The number of rotatable bonds is 5. The van der Waals surface area contributed by atoms with Gasteiger partial charge in [0.15, 0.2) is 0 Å². The maximum Gasteiger partial charge on any atom is 0.410 e. The molecule has 6 nitrogen and oxygen atoms in total. The van der Waals surface area contributed by atoms with Crippen LogP contribution in [-0.2, 0) is 16.0 Å². The van der Waals surface area contributed by atoms with E-state index in [1.165, 1.54) is 0 Å². The van der Waals surface area contributed by atoms with Crippen molar-refractivity contribution in [2.24, 2.45) is 0 Å². The first kappa shape index (κ1) is 18.9. The summed E-state index contributed by atoms with van der Waals surface area (Å²) in [6.45, 7) is 2.39. The van der Waals surface area contributed by atoms with Gasteiger partial charge in [-0.2, -0.15) is 0 Å². The van der Waals surface area contributed by atoms with Gasteiger partial charge >= 0.3 is 6.09 Å². The van der Waals surface area contributed by atoms with Crippen molar-refractivity contribution in [1.29, 1.82) is 0 Å². The predicted molar refractivity (Wildman–Crippen MR) is 107 cm³/mol. The van der Waals surface area contributed by atoms with Gasteiger partial charge in [0.05, 0.1) is 11.6 Å². The number of nitrogens with zero attached hydrogens (tertiary/aromatic N) is 3. The molecule has 1 aromatic heterocycles. The molecule has 0 N–H and O–H groups in total. The number of carbonyl (C=O) groups is 2. The van der Waals surface area contributed by atoms with Gasteiger partial charge in [-0.1, -0.05) is 30.3 Å². The van der Waals surface area contributed by atoms with Crippen LogP contribution in [0.15, 0.2) is 41.9 Å². The Morgan fingerprint density at radius 1 is 1.25 bits per heavy atom. The number of benzene rings is 1. The van der Waals surface area contributed by atoms with E-state index in [4.69, 9.17) is 4.74 Å². The zero-order valence-electron chi connectivity index (χ0n) is 15.8. The second-order valence-electron chi connectivity index (χ2n) is 7.36. The number of cyclic esters (lactones) is 1. The van der Waals surface area contributed by atoms with E-state index in [2.05, 4.69) is 4.98 Å². The van der Waals surface area contributed by atoms with E-state index in [0.29, 0.717) is 26.1 Å². The van der Waals surface area contributed by atoms with E-state index >= 15 is 0 Å². The summed E-state index contributed by atoms with van der Waals surface area (Å²) in [5, 5.41) is 3.08. The molecule has 0 saturated carbocycles. The fourth-order valence-electron chi connectivity index (χ4n) is 4.05. The third kappa shape index (κ3) is 4.19. The summed E-state index contributed by atoms with van der Waals surface area (Å²) >= 11 is 1.65. The van der Waals surface area contributed by atoms with Crippen LogP contribution in [0.1, 0.15) is 35.8 Å². The summed E-state index contributed by atoms with van der Waals surface area (Å²) in [5.74, 6) is 0.298. The fourth-order valence-corrected chi connectivity index (χ4v) is 4.81. The Labute approximate surface area is 169 Å². The second-order valence-corrected chi connectivity index (χ2v) is 8.29. The molecule has 4 rings (SSSR count). The first-order chi connectivity index (χ1) is 13.7. The summed E-state index contributed by atoms with van der Waals surface area (Å²) in [6.07, 6.45) is 4.71. The lowest BCUT2D eigenvalue weighted by Gasteiger charge is -2.39. The Hall–Kier alpha value is -2.41. The normalized spacial score (nSPS) is 21.3. The number of carbonyl (C=O) groups excluding carboxylic acids is 2. The van der Waals surface area contributed by atoms with Crippen molar-refractivity contribution < 1.29 is 14.3 Å². The average molecular weight is 400 g/mol. The quantitative estimate of drug-likeness (QED) is 0.774. The van der Waals surface area contributed by atoms with Crippen molar-refractivity contribution in [2.45, 2.75) is 37.6 Å². The molecule has 28 heavy (non-hydrogen) atoms. The lowest BCUT2D eigenvalue weighted by molar-refractivity contribution is -0.138. The first-order valence-corrected chi connectivity index (χ1v) is 10.8. The Morgan fingerprint density at radius 3 is 2.86 bits per heavy atom. The van der Waals surface area contributed by atoms with Gasteiger partial charge < -0.3 is 9.64 Å². The number of hydrogen-bond acceptors (Lipinski definition) is 5. The van der Waals surface area contributed by atoms with Crippen molar-refractivity contribution in [3.63, 3.8) is 0 Å². The molecule has 2 fully saturated rings. The summed E-state index contributed by atoms with van der Waals surface area (Å²) in [5.41, 5.74) is 1.05. The van der Waals surface area contributed by atoms with Crippen molar-refractivity contribution in [2.75, 3.05) is 26.2 Å². The summed E-state index contributed by atoms with van der Waals surface area (Å²) in [6, 6.07) is 9.37. The molecule has 7 heteroatoms. The van der Waals surface area contributed by atoms with Crippen molar-refractivity contribution in [1.82, 2.24) is 14.8 Å². The molecule has 0 radical (unpaired) electrons. The minimum atomic E-state index is -0.523. The molecule has 0 spiro atoms. The van der Waals surface area contributed by atoms with Gasteiger partial charge in [0.25, 0.3) is 0 Å². The standard InChI is InChI=1S/C21H25N3O3S/c25-20(23-10-4-8-17(15-23)19-22-9-13-28-19)18(14-16-6-2-1-3-7-16)24-11-5-12-27-21(24)26/h1-3,6-7,9,13,17-18H,4-5,8,10-12,14-15H2. The van der Waals surface area contributed by atoms with Crippen molar-refractivity contribution >= 4 is 23.3 Å². The third-order valence-electron chi connectivity index (χ3n) is 5.47. The molecule has 3 heterocycles. The molecule has 2 aromatic rings. The van der Waals surface area contributed by atoms with Crippen LogP contribution in [-0.4, -0.2) is 59.1 Å². The number of amides is 2. The SMILES string of the molecule is O=C(C(Cc1ccccc1)N1CCCOC1=O)N1CCCC(c2nccs2)C1. The molecule has 2 atom stereocenters. The fraction of sp³-hybridized carbons (Fsp3) is 0.476. The van der Waals surface area contributed by atoms with Gasteiger partial charge in [-0.05, 0) is 24.8 Å². The second kappa shape index (κ2) is 8.73. The van der Waals surface area contributed by atoms with E-state index < -0.39 is 6.04 Å². The van der Waals surface area contributed by atoms with Crippen LogP contribution in [0, 0.1) is 0 Å². The monoisotopic (exact) mass is 399 g/mol. The van der Waals surface area contributed by atoms with E-state index in [1.807, 2.05) is 46.8 Å². The van der Waals surface area contributed by atoms with Crippen LogP contribution in [0.5, 0.6) is 0 Å². The highest BCUT2D eigenvalue weighted by Crippen LogP contribution is 2.29. The Balaban J connectivity index is 1.54. The molecule has 1 aromatic carbocycles. The minimum Gasteiger partial charge on any atom is -0.449 e. The number of thiazole rings is 1. The van der Waals surface area contributed by atoms with E-state index in [1.54, 1.807) is 16.2 Å². The largest absolute Gasteiger partial charge is 0.449 e. The lowest BCUT2D eigenvalue weighted by atomic mass is 9.96. The molecule has 0 aliphatic carbocycles. The lowest BCUT2D eigenvalue weighted by Crippen LogP contribution is -2.55. The Morgan fingerprint density at radius 2 is 2.11 bits per heavy atom. The van der Waals surface area contributed by atoms with Crippen LogP contribution in [0.4, 0.5) is 4.79 Å². The summed E-state index contributed by atoms with van der Waals surface area (Å²) < 4.78 is 5.23. The van der Waals surface area contributed by atoms with Gasteiger partial charge in [-0.25, -0.2) is 9.78 Å². The number of hydrogen-bond donors (Lipinski definition) is 0. The molecule has 2 unspecified atom stereocenters. The maximum atomic E-state index is 13.5. The molecule has 2 aliphatic heterocycles. The molecular weight excluding hydrogens is 374 g/mol. The van der Waals surface area contributed by atoms with Crippen LogP contribution < -0.4 is 0 Å². The van der Waals surface area contributed by atoms with Gasteiger partial charge in [0.2, 0.25) is 5.91 Å². The summed E-state index contributed by atoms with van der Waals surface area (Å²) in [4.78, 5) is 33.9. The highest BCUT2D eigenvalue weighted by molar-refractivity contribution is 7.09. The first-order valence-electron chi connectivity index (χ1n) is 9.88. The van der Waals surface area contributed by atoms with Gasteiger partial charge in [-0.15, -0.1) is 11.3 Å². The topological polar surface area (TPSA) is 62.7 Å². The number of aromatic nitrogens is 1. The molecule has 2 saturated heterocycles. The number of ether oxygens (including phenoxy) is 1. The average Bonchev–Trinajstić information content (AvgIpc) is 3.28. The van der Waals surface area contributed by atoms with Crippen LogP contribution in [0.2, 0.25) is 0 Å². The zero-order valence-corrected chi connectivity index (χ0v) is 16.6. The Kier molecular flexibility index (Phi) is 5.90. The predicted octanol–water partition coefficient (Wildman–Crippen LogP) is 3.30. The van der Waals surface area contributed by atoms with Crippen LogP contribution >= 0.6 is 11.3 Å². The minimum absolute atomic E-state index is 0.0176. The van der Waals surface area contributed by atoms with Crippen LogP contribution in [0.3, 0.4) is 0 Å². The van der Waals surface area contributed by atoms with Gasteiger partial charge in [0.1, 0.15) is 6.04 Å². The Bertz CT molecular complexity index is 796. The highest BCUT2D eigenvalue weighted by Gasteiger charge is 2.37.